The Balaban J connectivity index is 4.06. The highest BCUT2D eigenvalue weighted by Crippen LogP contribution is 2.14. The maximum absolute atomic E-state index is 11.7. The lowest BCUT2D eigenvalue weighted by atomic mass is 9.94. The van der Waals surface area contributed by atoms with Crippen molar-refractivity contribution in [3.05, 3.63) is 0 Å². The minimum Gasteiger partial charge on any atom is -0.481 e. The first-order valence-electron chi connectivity index (χ1n) is 7.10. The van der Waals surface area contributed by atoms with Crippen molar-refractivity contribution in [2.45, 2.75) is 46.1 Å². The van der Waals surface area contributed by atoms with Crippen molar-refractivity contribution in [1.29, 1.82) is 0 Å². The lowest BCUT2D eigenvalue weighted by molar-refractivity contribution is -0.138. The summed E-state index contributed by atoms with van der Waals surface area (Å²) >= 11 is 0. The monoisotopic (exact) mass is 288 g/mol. The Morgan fingerprint density at radius 1 is 1.25 bits per heavy atom. The van der Waals surface area contributed by atoms with Gasteiger partial charge in [0.25, 0.3) is 0 Å². The zero-order chi connectivity index (χ0) is 15.5. The number of rotatable bonds is 10. The normalized spacial score (nSPS) is 13.8. The fourth-order valence-electron chi connectivity index (χ4n) is 2.03. The first kappa shape index (κ1) is 18.7. The van der Waals surface area contributed by atoms with E-state index in [-0.39, 0.29) is 24.4 Å². The number of ether oxygens (including phenoxy) is 1. The minimum absolute atomic E-state index is 0.0259. The highest BCUT2D eigenvalue weighted by molar-refractivity contribution is 5.74. The first-order valence-corrected chi connectivity index (χ1v) is 7.10. The summed E-state index contributed by atoms with van der Waals surface area (Å²) in [5, 5.41) is 14.4. The molecular weight excluding hydrogens is 260 g/mol. The predicted octanol–water partition coefficient (Wildman–Crippen LogP) is 1.85. The van der Waals surface area contributed by atoms with Crippen molar-refractivity contribution in [1.82, 2.24) is 10.6 Å². The van der Waals surface area contributed by atoms with Gasteiger partial charge in [-0.1, -0.05) is 13.8 Å². The van der Waals surface area contributed by atoms with E-state index >= 15 is 0 Å². The number of carboxylic acids is 1. The Kier molecular flexibility index (Phi) is 9.80. The van der Waals surface area contributed by atoms with Crippen molar-refractivity contribution in [2.24, 2.45) is 11.8 Å². The fraction of sp³-hybridized carbons (Fsp3) is 0.857. The van der Waals surface area contributed by atoms with Crippen LogP contribution < -0.4 is 10.6 Å². The number of hydrogen-bond donors (Lipinski definition) is 3. The summed E-state index contributed by atoms with van der Waals surface area (Å²) in [6.45, 7) is 6.97. The van der Waals surface area contributed by atoms with Gasteiger partial charge in [-0.2, -0.15) is 0 Å². The summed E-state index contributed by atoms with van der Waals surface area (Å²) in [5.41, 5.74) is 0. The molecule has 0 aromatic heterocycles. The lowest BCUT2D eigenvalue weighted by Gasteiger charge is -2.19. The molecule has 6 nitrogen and oxygen atoms in total. The van der Waals surface area contributed by atoms with E-state index in [0.717, 1.165) is 12.8 Å². The fourth-order valence-corrected chi connectivity index (χ4v) is 2.03. The van der Waals surface area contributed by atoms with E-state index in [0.29, 0.717) is 19.1 Å². The summed E-state index contributed by atoms with van der Waals surface area (Å²) < 4.78 is 4.94. The van der Waals surface area contributed by atoms with Gasteiger partial charge in [-0.15, -0.1) is 0 Å². The molecule has 0 spiro atoms. The van der Waals surface area contributed by atoms with E-state index in [1.54, 1.807) is 7.11 Å². The second-order valence-corrected chi connectivity index (χ2v) is 5.63. The largest absolute Gasteiger partial charge is 0.481 e. The molecule has 0 rings (SSSR count). The van der Waals surface area contributed by atoms with E-state index in [2.05, 4.69) is 10.6 Å². The molecule has 0 aromatic carbocycles. The number of hydrogen-bond acceptors (Lipinski definition) is 3. The van der Waals surface area contributed by atoms with Gasteiger partial charge in [0.05, 0.1) is 0 Å². The van der Waals surface area contributed by atoms with Crippen molar-refractivity contribution in [2.75, 3.05) is 20.3 Å². The molecule has 0 aliphatic rings. The van der Waals surface area contributed by atoms with Crippen LogP contribution in [0.2, 0.25) is 0 Å². The maximum Gasteiger partial charge on any atom is 0.315 e. The average molecular weight is 288 g/mol. The van der Waals surface area contributed by atoms with Crippen LogP contribution >= 0.6 is 0 Å². The molecule has 0 heterocycles. The number of nitrogens with one attached hydrogen (secondary N) is 2. The van der Waals surface area contributed by atoms with Crippen molar-refractivity contribution < 1.29 is 19.4 Å². The summed E-state index contributed by atoms with van der Waals surface area (Å²) in [6.07, 6.45) is 1.61. The van der Waals surface area contributed by atoms with Gasteiger partial charge in [-0.3, -0.25) is 4.79 Å². The number of amides is 2. The quantitative estimate of drug-likeness (QED) is 0.572. The molecule has 0 saturated heterocycles. The molecule has 1 unspecified atom stereocenters. The average Bonchev–Trinajstić information content (AvgIpc) is 2.32. The van der Waals surface area contributed by atoms with Crippen molar-refractivity contribution in [3.63, 3.8) is 0 Å². The molecule has 0 saturated carbocycles. The SMILES string of the molecule is COCCC(C)NC(=O)NC[C@H](CC(=O)O)CC(C)C. The van der Waals surface area contributed by atoms with Crippen LogP contribution in [-0.4, -0.2) is 43.4 Å². The lowest BCUT2D eigenvalue weighted by Crippen LogP contribution is -2.43. The Morgan fingerprint density at radius 2 is 1.90 bits per heavy atom. The van der Waals surface area contributed by atoms with E-state index in [4.69, 9.17) is 9.84 Å². The third-order valence-electron chi connectivity index (χ3n) is 2.95. The molecule has 0 aromatic rings. The van der Waals surface area contributed by atoms with Crippen LogP contribution in [0.4, 0.5) is 4.79 Å². The van der Waals surface area contributed by atoms with Crippen molar-refractivity contribution >= 4 is 12.0 Å². The molecule has 0 bridgehead atoms. The van der Waals surface area contributed by atoms with Crippen LogP contribution in [0.15, 0.2) is 0 Å². The zero-order valence-electron chi connectivity index (χ0n) is 12.9. The summed E-state index contributed by atoms with van der Waals surface area (Å²) in [6, 6.07) is -0.231. The summed E-state index contributed by atoms with van der Waals surface area (Å²) in [4.78, 5) is 22.5. The molecule has 3 N–H and O–H groups in total. The van der Waals surface area contributed by atoms with Gasteiger partial charge < -0.3 is 20.5 Å². The second kappa shape index (κ2) is 10.5. The summed E-state index contributed by atoms with van der Waals surface area (Å²) in [5.74, 6) is -0.455. The Morgan fingerprint density at radius 3 is 2.40 bits per heavy atom. The first-order chi connectivity index (χ1) is 9.35. The predicted molar refractivity (Wildman–Crippen MR) is 77.7 cm³/mol. The minimum atomic E-state index is -0.827. The molecule has 0 aliphatic heterocycles. The van der Waals surface area contributed by atoms with Crippen LogP contribution in [0, 0.1) is 11.8 Å². The molecule has 0 radical (unpaired) electrons. The molecule has 2 atom stereocenters. The van der Waals surface area contributed by atoms with Gasteiger partial charge in [-0.05, 0) is 31.6 Å². The smallest absolute Gasteiger partial charge is 0.315 e. The van der Waals surface area contributed by atoms with E-state index in [1.807, 2.05) is 20.8 Å². The zero-order valence-corrected chi connectivity index (χ0v) is 12.9. The van der Waals surface area contributed by atoms with Crippen molar-refractivity contribution in [3.8, 4) is 0 Å². The molecule has 118 valence electrons. The molecule has 0 aliphatic carbocycles. The van der Waals surface area contributed by atoms with Gasteiger partial charge in [0, 0.05) is 32.7 Å². The highest BCUT2D eigenvalue weighted by Gasteiger charge is 2.16. The van der Waals surface area contributed by atoms with Gasteiger partial charge in [0.2, 0.25) is 0 Å². The standard InChI is InChI=1S/C14H28N2O4/c1-10(2)7-12(8-13(17)18)9-15-14(19)16-11(3)5-6-20-4/h10-12H,5-9H2,1-4H3,(H,17,18)(H2,15,16,19)/t11?,12-/m0/s1. The molecule has 0 fully saturated rings. The van der Waals surface area contributed by atoms with Crippen LogP contribution in [0.1, 0.15) is 40.0 Å². The third-order valence-corrected chi connectivity index (χ3v) is 2.95. The Bertz CT molecular complexity index is 295. The Labute approximate surface area is 121 Å². The number of carbonyl (C=O) groups is 2. The van der Waals surface area contributed by atoms with Gasteiger partial charge in [0.15, 0.2) is 0 Å². The molecule has 2 amide bonds. The Hall–Kier alpha value is -1.30. The molecule has 6 heteroatoms. The van der Waals surface area contributed by atoms with Crippen LogP contribution in [-0.2, 0) is 9.53 Å². The van der Waals surface area contributed by atoms with Gasteiger partial charge in [-0.25, -0.2) is 4.79 Å². The number of urea groups is 1. The second-order valence-electron chi connectivity index (χ2n) is 5.63. The van der Waals surface area contributed by atoms with Crippen LogP contribution in [0.25, 0.3) is 0 Å². The van der Waals surface area contributed by atoms with Gasteiger partial charge >= 0.3 is 12.0 Å². The highest BCUT2D eigenvalue weighted by atomic mass is 16.5. The van der Waals surface area contributed by atoms with Crippen LogP contribution in [0.3, 0.4) is 0 Å². The number of methoxy groups -OCH3 is 1. The molecule has 20 heavy (non-hydrogen) atoms. The third kappa shape index (κ3) is 10.6. The van der Waals surface area contributed by atoms with E-state index in [1.165, 1.54) is 0 Å². The van der Waals surface area contributed by atoms with Crippen LogP contribution in [0.5, 0.6) is 0 Å². The topological polar surface area (TPSA) is 87.7 Å². The molecular formula is C14H28N2O4. The van der Waals surface area contributed by atoms with Gasteiger partial charge in [0.1, 0.15) is 0 Å². The summed E-state index contributed by atoms with van der Waals surface area (Å²) in [7, 11) is 1.62. The number of carbonyl (C=O) groups excluding carboxylic acids is 1. The maximum atomic E-state index is 11.7. The van der Waals surface area contributed by atoms with E-state index in [9.17, 15) is 9.59 Å². The number of aliphatic carboxylic acids is 1. The number of carboxylic acid groups (broad SMARTS) is 1. The van der Waals surface area contributed by atoms with E-state index < -0.39 is 5.97 Å².